The third-order valence-electron chi connectivity index (χ3n) is 2.36. The maximum Gasteiger partial charge on any atom is 0.259 e. The predicted octanol–water partition coefficient (Wildman–Crippen LogP) is 1.32. The van der Waals surface area contributed by atoms with Crippen molar-refractivity contribution in [2.75, 3.05) is 10.7 Å². The molecule has 2 heterocycles. The van der Waals surface area contributed by atoms with Gasteiger partial charge >= 0.3 is 0 Å². The topological polar surface area (TPSA) is 92.9 Å². The Bertz CT molecular complexity index is 553. The molecule has 0 bridgehead atoms. The van der Waals surface area contributed by atoms with Gasteiger partial charge < -0.3 is 10.7 Å². The van der Waals surface area contributed by atoms with Gasteiger partial charge in [0.2, 0.25) is 0 Å². The summed E-state index contributed by atoms with van der Waals surface area (Å²) in [4.78, 5) is 20.1. The average molecular weight is 243 g/mol. The molecule has 0 radical (unpaired) electrons. The molecule has 4 N–H and O–H groups in total. The minimum atomic E-state index is -0.290. The van der Waals surface area contributed by atoms with E-state index in [0.29, 0.717) is 17.1 Å². The van der Waals surface area contributed by atoms with Crippen LogP contribution in [-0.2, 0) is 0 Å². The third-order valence-corrected chi connectivity index (χ3v) is 2.36. The first-order valence-corrected chi connectivity index (χ1v) is 5.36. The number of hydrazine groups is 1. The van der Waals surface area contributed by atoms with Crippen LogP contribution in [0.1, 0.15) is 16.1 Å². The van der Waals surface area contributed by atoms with Gasteiger partial charge in [0.05, 0.1) is 17.4 Å². The summed E-state index contributed by atoms with van der Waals surface area (Å²) in [6.45, 7) is 1.88. The highest BCUT2D eigenvalue weighted by atomic mass is 16.1. The molecule has 0 saturated carbocycles. The van der Waals surface area contributed by atoms with Crippen molar-refractivity contribution in [2.45, 2.75) is 6.92 Å². The molecular formula is C12H13N5O. The quantitative estimate of drug-likeness (QED) is 0.558. The van der Waals surface area contributed by atoms with Crippen molar-refractivity contribution in [1.82, 2.24) is 9.97 Å². The number of nitrogens with two attached hydrogens (primary N) is 1. The fraction of sp³-hybridized carbons (Fsp3) is 0.0833. The Morgan fingerprint density at radius 3 is 2.78 bits per heavy atom. The van der Waals surface area contributed by atoms with E-state index < -0.39 is 0 Å². The first-order valence-electron chi connectivity index (χ1n) is 5.36. The van der Waals surface area contributed by atoms with Gasteiger partial charge in [-0.1, -0.05) is 0 Å². The predicted molar refractivity (Wildman–Crippen MR) is 69.0 cm³/mol. The lowest BCUT2D eigenvalue weighted by Crippen LogP contribution is -2.18. The van der Waals surface area contributed by atoms with Gasteiger partial charge in [-0.2, -0.15) is 0 Å². The van der Waals surface area contributed by atoms with E-state index in [-0.39, 0.29) is 5.91 Å². The summed E-state index contributed by atoms with van der Waals surface area (Å²) in [5.41, 5.74) is 4.27. The lowest BCUT2D eigenvalue weighted by atomic mass is 10.2. The zero-order valence-corrected chi connectivity index (χ0v) is 9.84. The first-order chi connectivity index (χ1) is 8.70. The Labute approximate surface area is 104 Å². The highest BCUT2D eigenvalue weighted by Crippen LogP contribution is 2.13. The van der Waals surface area contributed by atoms with Gasteiger partial charge in [0.1, 0.15) is 0 Å². The van der Waals surface area contributed by atoms with Crippen LogP contribution in [-0.4, -0.2) is 15.9 Å². The van der Waals surface area contributed by atoms with Crippen LogP contribution >= 0.6 is 0 Å². The van der Waals surface area contributed by atoms with Crippen molar-refractivity contribution >= 4 is 17.4 Å². The molecule has 0 fully saturated rings. The number of nitrogens with one attached hydrogen (secondary N) is 2. The maximum atomic E-state index is 12.0. The standard InChI is InChI=1S/C12H13N5O/c1-8-4-5-9(7-15-8)16-12(18)10-3-2-6-14-11(10)17-13/h2-7H,13H2,1H3,(H,14,17)(H,16,18). The Kier molecular flexibility index (Phi) is 3.49. The molecule has 0 saturated heterocycles. The van der Waals surface area contributed by atoms with Gasteiger partial charge in [-0.05, 0) is 31.2 Å². The number of carbonyl (C=O) groups excluding carboxylic acids is 1. The summed E-state index contributed by atoms with van der Waals surface area (Å²) in [6.07, 6.45) is 3.15. The number of amides is 1. The second-order valence-electron chi connectivity index (χ2n) is 3.69. The number of hydrogen-bond donors (Lipinski definition) is 3. The monoisotopic (exact) mass is 243 g/mol. The second-order valence-corrected chi connectivity index (χ2v) is 3.69. The Hall–Kier alpha value is -2.47. The van der Waals surface area contributed by atoms with Crippen LogP contribution in [0, 0.1) is 6.92 Å². The van der Waals surface area contributed by atoms with Crippen LogP contribution in [0.15, 0.2) is 36.7 Å². The molecule has 2 aromatic heterocycles. The number of nitrogens with zero attached hydrogens (tertiary/aromatic N) is 2. The minimum Gasteiger partial charge on any atom is -0.320 e. The van der Waals surface area contributed by atoms with Crippen molar-refractivity contribution in [3.05, 3.63) is 47.9 Å². The van der Waals surface area contributed by atoms with Gasteiger partial charge in [0.15, 0.2) is 5.82 Å². The van der Waals surface area contributed by atoms with Crippen molar-refractivity contribution < 1.29 is 4.79 Å². The zero-order valence-electron chi connectivity index (χ0n) is 9.84. The lowest BCUT2D eigenvalue weighted by Gasteiger charge is -2.08. The number of rotatable bonds is 3. The molecular weight excluding hydrogens is 230 g/mol. The molecule has 0 aliphatic rings. The Morgan fingerprint density at radius 2 is 2.11 bits per heavy atom. The average Bonchev–Trinajstić information content (AvgIpc) is 2.41. The van der Waals surface area contributed by atoms with E-state index in [1.54, 1.807) is 30.6 Å². The number of carbonyl (C=O) groups is 1. The van der Waals surface area contributed by atoms with Gasteiger partial charge in [-0.3, -0.25) is 9.78 Å². The molecule has 92 valence electrons. The van der Waals surface area contributed by atoms with E-state index in [1.165, 1.54) is 0 Å². The van der Waals surface area contributed by atoms with Crippen LogP contribution in [0.5, 0.6) is 0 Å². The van der Waals surface area contributed by atoms with Gasteiger partial charge in [-0.15, -0.1) is 0 Å². The smallest absolute Gasteiger partial charge is 0.259 e. The lowest BCUT2D eigenvalue weighted by molar-refractivity contribution is 0.102. The molecule has 2 rings (SSSR count). The minimum absolute atomic E-state index is 0.290. The molecule has 2 aromatic rings. The molecule has 0 aliphatic heterocycles. The Balaban J connectivity index is 2.19. The van der Waals surface area contributed by atoms with Crippen molar-refractivity contribution in [3.8, 4) is 0 Å². The molecule has 6 nitrogen and oxygen atoms in total. The number of aryl methyl sites for hydroxylation is 1. The van der Waals surface area contributed by atoms with Gasteiger partial charge in [0, 0.05) is 11.9 Å². The maximum absolute atomic E-state index is 12.0. The van der Waals surface area contributed by atoms with Crippen molar-refractivity contribution in [2.24, 2.45) is 5.84 Å². The van der Waals surface area contributed by atoms with Crippen LogP contribution in [0.4, 0.5) is 11.5 Å². The summed E-state index contributed by atoms with van der Waals surface area (Å²) >= 11 is 0. The van der Waals surface area contributed by atoms with Crippen molar-refractivity contribution in [1.29, 1.82) is 0 Å². The molecule has 0 spiro atoms. The molecule has 0 unspecified atom stereocenters. The molecule has 1 amide bonds. The molecule has 0 aliphatic carbocycles. The summed E-state index contributed by atoms with van der Waals surface area (Å²) in [5.74, 6) is 5.34. The van der Waals surface area contributed by atoms with E-state index >= 15 is 0 Å². The second kappa shape index (κ2) is 5.24. The van der Waals surface area contributed by atoms with Gasteiger partial charge in [-0.25, -0.2) is 10.8 Å². The Morgan fingerprint density at radius 1 is 1.28 bits per heavy atom. The number of aromatic nitrogens is 2. The van der Waals surface area contributed by atoms with Gasteiger partial charge in [0.25, 0.3) is 5.91 Å². The van der Waals surface area contributed by atoms with Crippen LogP contribution in [0.2, 0.25) is 0 Å². The summed E-state index contributed by atoms with van der Waals surface area (Å²) in [5, 5.41) is 2.72. The third kappa shape index (κ3) is 2.61. The highest BCUT2D eigenvalue weighted by molar-refractivity contribution is 6.07. The van der Waals surface area contributed by atoms with E-state index in [1.807, 2.05) is 13.0 Å². The molecule has 18 heavy (non-hydrogen) atoms. The number of nitrogen functional groups attached to an aromatic ring is 1. The fourth-order valence-electron chi connectivity index (χ4n) is 1.44. The molecule has 0 atom stereocenters. The number of pyridine rings is 2. The first kappa shape index (κ1) is 12.0. The molecule has 6 heteroatoms. The normalized spacial score (nSPS) is 9.89. The number of hydrogen-bond acceptors (Lipinski definition) is 5. The van der Waals surface area contributed by atoms with Crippen molar-refractivity contribution in [3.63, 3.8) is 0 Å². The van der Waals surface area contributed by atoms with E-state index in [2.05, 4.69) is 20.7 Å². The van der Waals surface area contributed by atoms with Crippen LogP contribution in [0.3, 0.4) is 0 Å². The highest BCUT2D eigenvalue weighted by Gasteiger charge is 2.11. The zero-order chi connectivity index (χ0) is 13.0. The summed E-state index contributed by atoms with van der Waals surface area (Å²) < 4.78 is 0. The summed E-state index contributed by atoms with van der Waals surface area (Å²) in [7, 11) is 0. The van der Waals surface area contributed by atoms with Crippen LogP contribution in [0.25, 0.3) is 0 Å². The van der Waals surface area contributed by atoms with E-state index in [0.717, 1.165) is 5.69 Å². The number of anilines is 2. The fourth-order valence-corrected chi connectivity index (χ4v) is 1.44. The largest absolute Gasteiger partial charge is 0.320 e. The SMILES string of the molecule is Cc1ccc(NC(=O)c2cccnc2NN)cn1. The van der Waals surface area contributed by atoms with E-state index in [9.17, 15) is 4.79 Å². The molecule has 0 aromatic carbocycles. The van der Waals surface area contributed by atoms with Crippen LogP contribution < -0.4 is 16.6 Å². The summed E-state index contributed by atoms with van der Waals surface area (Å²) in [6, 6.07) is 6.91. The van der Waals surface area contributed by atoms with E-state index in [4.69, 9.17) is 5.84 Å².